The second-order valence-corrected chi connectivity index (χ2v) is 37.8. The summed E-state index contributed by atoms with van der Waals surface area (Å²) in [5, 5.41) is 25.2. The van der Waals surface area contributed by atoms with Gasteiger partial charge in [0.1, 0.15) is 11.6 Å². The summed E-state index contributed by atoms with van der Waals surface area (Å²) in [6.07, 6.45) is 31.9. The lowest BCUT2D eigenvalue weighted by Crippen LogP contribution is -2.46. The Morgan fingerprint density at radius 1 is 0.386 bits per heavy atom. The highest BCUT2D eigenvalue weighted by Gasteiger charge is 2.40. The molecule has 17 rings (SSSR count). The summed E-state index contributed by atoms with van der Waals surface area (Å²) in [5.41, 5.74) is 7.14. The molecule has 0 amide bonds. The van der Waals surface area contributed by atoms with E-state index in [1.165, 1.54) is 148 Å². The molecule has 7 aromatic carbocycles. The molecule has 10 unspecified atom stereocenters. The Kier molecular flexibility index (Phi) is 49.4. The Hall–Kier alpha value is -3.78. The Labute approximate surface area is 812 Å². The molecule has 5 saturated carbocycles. The molecular formula is C101H140Cl9N5O11S. The third-order valence-electron chi connectivity index (χ3n) is 27.1. The molecule has 0 spiro atoms. The molecule has 16 nitrogen and oxygen atoms in total. The van der Waals surface area contributed by atoms with Crippen molar-refractivity contribution in [1.29, 1.82) is 0 Å². The second-order valence-electron chi connectivity index (χ2n) is 35.1. The number of methoxy groups -OCH3 is 2. The van der Waals surface area contributed by atoms with Crippen LogP contribution in [0.5, 0.6) is 11.5 Å². The van der Waals surface area contributed by atoms with E-state index in [4.69, 9.17) is 79.6 Å². The van der Waals surface area contributed by atoms with Crippen molar-refractivity contribution in [1.82, 2.24) is 24.5 Å². The summed E-state index contributed by atoms with van der Waals surface area (Å²) in [7, 11) is 3.31. The zero-order valence-electron chi connectivity index (χ0n) is 74.4. The molecule has 12 atom stereocenters. The molecule has 5 saturated heterocycles. The highest BCUT2D eigenvalue weighted by Crippen LogP contribution is 2.38. The number of halogens is 9. The molecule has 0 aromatic heterocycles. The van der Waals surface area contributed by atoms with Crippen molar-refractivity contribution in [2.75, 3.05) is 118 Å². The first-order chi connectivity index (χ1) is 59.7. The maximum absolute atomic E-state index is 11.8. The number of benzene rings is 7. The summed E-state index contributed by atoms with van der Waals surface area (Å²) >= 11 is 26.9. The van der Waals surface area contributed by atoms with Gasteiger partial charge in [0.2, 0.25) is 0 Å². The summed E-state index contributed by atoms with van der Waals surface area (Å²) in [6.45, 7) is 11.4. The molecular weight excluding hydrogens is 1810 g/mol. The zero-order chi connectivity index (χ0) is 84.8. The van der Waals surface area contributed by atoms with Gasteiger partial charge in [0.05, 0.1) is 103 Å². The van der Waals surface area contributed by atoms with Gasteiger partial charge in [-0.25, -0.2) is 0 Å². The SMILES string of the molecule is COc1ccc(CCOC2CCCCC2N2CCC(O)C2)cc1OC.Cl.Cl.Cl.Cl.Cl.Clc1cccc(Cl)c1CCOC1CCCC[C@H]1N1CCSC1.O=C1CCN(C2CCCCC2OCC(c2ccccc2)c2ccccc2)C1.O=C1CCN([C@@H]2CCCCC2OCCc2cccc3ccccc23)C1.OC1CCN(C2CCCCC2OCCc2c(Cl)cccc2Cl)C1. The van der Waals surface area contributed by atoms with Crippen molar-refractivity contribution in [2.45, 2.75) is 259 Å². The first kappa shape index (κ1) is 109. The van der Waals surface area contributed by atoms with Crippen LogP contribution in [0.2, 0.25) is 20.1 Å². The number of ketones is 2. The van der Waals surface area contributed by atoms with Crippen molar-refractivity contribution >= 4 is 143 Å². The Morgan fingerprint density at radius 3 is 1.18 bits per heavy atom. The van der Waals surface area contributed by atoms with Gasteiger partial charge in [0.25, 0.3) is 0 Å². The Balaban J connectivity index is 0.000000195. The number of hydrogen-bond acceptors (Lipinski definition) is 17. The largest absolute Gasteiger partial charge is 0.493 e. The minimum atomic E-state index is -0.167. The number of fused-ring (bicyclic) bond motifs is 1. The maximum atomic E-state index is 11.8. The lowest BCUT2D eigenvalue weighted by Gasteiger charge is -2.38. The van der Waals surface area contributed by atoms with E-state index in [-0.39, 0.29) is 98.5 Å². The van der Waals surface area contributed by atoms with Crippen LogP contribution < -0.4 is 9.47 Å². The van der Waals surface area contributed by atoms with E-state index in [0.29, 0.717) is 110 Å². The topological polar surface area (TPSA) is 155 Å². The van der Waals surface area contributed by atoms with Crippen LogP contribution in [0.3, 0.4) is 0 Å². The predicted molar refractivity (Wildman–Crippen MR) is 533 cm³/mol. The highest BCUT2D eigenvalue weighted by molar-refractivity contribution is 7.99. The number of hydrogen-bond donors (Lipinski definition) is 2. The van der Waals surface area contributed by atoms with Crippen LogP contribution in [0.4, 0.5) is 0 Å². The number of likely N-dealkylation sites (tertiary alicyclic amines) is 4. The standard InChI is InChI=1S/C24H29NO2.C22H27NO2.C20H31NO4.C18H25Cl2NO2.C17H23Cl2NOS.5ClH/c26-21-15-16-25(17-21)23-13-7-8-14-24(23)27-18-22(19-9-3-1-4-10-19)20-11-5-2-6-12-20;24-19-12-14-23(16-19)21-10-3-4-11-22(21)25-15-13-18-8-5-7-17-6-1-2-9-20(17)18;1-23-19-8-7-15(13-20(19)24-2)10-12-25-18-6-4-3-5-17(18)21-11-9-16(22)14-21;19-15-4-3-5-16(20)14(15)9-11-23-18-7-2-1-6-17(18)21-10-8-13(22)12-21;18-14-4-3-5-15(19)13(14)8-10-21-17-7-2-1-6-16(17)20-9-11-22-12-20;;;;;/h1-6,9-12,22-24H,7-8,13-18H2;1-2,5-9,21-22H,3-4,10-16H2;7-8,13,16-18,22H,3-6,9-12,14H2,1-2H3;3-5,13,17-18,22H,1-2,6-12H2;3-5,16-17H,1-2,6-12H2;5*1H/t;21-,22?;;;16-,17?;;;;;/m.1..1...../s1. The molecule has 5 aliphatic heterocycles. The van der Waals surface area contributed by atoms with Crippen molar-refractivity contribution < 1.29 is 53.0 Å². The number of aliphatic hydroxyl groups excluding tert-OH is 2. The van der Waals surface area contributed by atoms with Gasteiger partial charge in [-0.3, -0.25) is 34.1 Å². The lowest BCUT2D eigenvalue weighted by atomic mass is 9.90. The van der Waals surface area contributed by atoms with Crippen LogP contribution in [-0.2, 0) is 59.0 Å². The second kappa shape index (κ2) is 57.8. The van der Waals surface area contributed by atoms with E-state index in [9.17, 15) is 19.8 Å². The smallest absolute Gasteiger partial charge is 0.160 e. The van der Waals surface area contributed by atoms with Crippen LogP contribution in [0.15, 0.2) is 158 Å². The Morgan fingerprint density at radius 2 is 0.772 bits per heavy atom. The van der Waals surface area contributed by atoms with Gasteiger partial charge in [-0.15, -0.1) is 73.8 Å². The number of ether oxygens (including phenoxy) is 7. The molecule has 127 heavy (non-hydrogen) atoms. The number of carbonyl (C=O) groups is 2. The lowest BCUT2D eigenvalue weighted by molar-refractivity contribution is -0.118. The molecule has 7 aromatic rings. The van der Waals surface area contributed by atoms with E-state index in [1.807, 2.05) is 60.3 Å². The summed E-state index contributed by atoms with van der Waals surface area (Å²) < 4.78 is 42.3. The Bertz CT molecular complexity index is 4220. The highest BCUT2D eigenvalue weighted by atomic mass is 35.5. The molecule has 10 fully saturated rings. The van der Waals surface area contributed by atoms with Crippen LogP contribution in [0, 0.1) is 0 Å². The summed E-state index contributed by atoms with van der Waals surface area (Å²) in [4.78, 5) is 35.6. The van der Waals surface area contributed by atoms with Crippen LogP contribution >= 0.6 is 120 Å². The maximum Gasteiger partial charge on any atom is 0.160 e. The fraction of sp³-hybridized carbons (Fsp3) is 0.584. The minimum absolute atomic E-state index is 0. The molecule has 0 radical (unpaired) electrons. The first-order valence-electron chi connectivity index (χ1n) is 46.1. The van der Waals surface area contributed by atoms with E-state index in [1.54, 1.807) is 14.2 Å². The number of rotatable bonds is 28. The fourth-order valence-electron chi connectivity index (χ4n) is 20.5. The van der Waals surface area contributed by atoms with Gasteiger partial charge < -0.3 is 43.4 Å². The number of Topliss-reactive ketones (excluding diaryl/α,β-unsaturated/α-hetero) is 2. The number of nitrogens with zero attached hydrogens (tertiary/aromatic N) is 5. The van der Waals surface area contributed by atoms with Crippen molar-refractivity contribution in [3.05, 3.63) is 211 Å². The molecule has 704 valence electrons. The predicted octanol–water partition coefficient (Wildman–Crippen LogP) is 22.0. The van der Waals surface area contributed by atoms with E-state index < -0.39 is 0 Å². The zero-order valence-corrected chi connectivity index (χ0v) is 82.3. The van der Waals surface area contributed by atoms with Crippen molar-refractivity contribution in [2.24, 2.45) is 0 Å². The van der Waals surface area contributed by atoms with E-state index in [2.05, 4.69) is 134 Å². The average Bonchev–Trinajstić information content (AvgIpc) is 1.74. The molecule has 10 aliphatic rings. The normalized spacial score (nSPS) is 25.2. The third-order valence-corrected chi connectivity index (χ3v) is 29.5. The monoisotopic (exact) mass is 1950 g/mol. The molecule has 5 heterocycles. The average molecular weight is 1950 g/mol. The quantitative estimate of drug-likeness (QED) is 0.0477. The number of thioether (sulfide) groups is 1. The van der Waals surface area contributed by atoms with E-state index in [0.717, 1.165) is 156 Å². The van der Waals surface area contributed by atoms with Gasteiger partial charge in [-0.2, -0.15) is 0 Å². The van der Waals surface area contributed by atoms with Gasteiger partial charge in [0, 0.05) is 127 Å². The van der Waals surface area contributed by atoms with Crippen LogP contribution in [-0.4, -0.2) is 237 Å². The summed E-state index contributed by atoms with van der Waals surface area (Å²) in [6, 6.07) is 56.1. The van der Waals surface area contributed by atoms with Crippen LogP contribution in [0.25, 0.3) is 10.8 Å². The third kappa shape index (κ3) is 32.5. The summed E-state index contributed by atoms with van der Waals surface area (Å²) in [5.74, 6) is 4.97. The fourth-order valence-corrected chi connectivity index (χ4v) is 22.7. The van der Waals surface area contributed by atoms with E-state index >= 15 is 0 Å². The minimum Gasteiger partial charge on any atom is -0.493 e. The van der Waals surface area contributed by atoms with Gasteiger partial charge in [-0.05, 0) is 183 Å². The van der Waals surface area contributed by atoms with Crippen LogP contribution in [0.1, 0.15) is 193 Å². The van der Waals surface area contributed by atoms with Crippen molar-refractivity contribution in [3.8, 4) is 11.5 Å². The number of aliphatic hydroxyl groups is 2. The number of β-amino-alcohol motifs (C(OH)–C–C–N with tert-alkyl or cyclic N) is 2. The van der Waals surface area contributed by atoms with Gasteiger partial charge >= 0.3 is 0 Å². The van der Waals surface area contributed by atoms with Gasteiger partial charge in [0.15, 0.2) is 11.5 Å². The first-order valence-corrected chi connectivity index (χ1v) is 48.8. The molecule has 2 N–H and O–H groups in total. The molecule has 5 aliphatic carbocycles. The van der Waals surface area contributed by atoms with Crippen molar-refractivity contribution in [3.63, 3.8) is 0 Å². The number of carbonyl (C=O) groups excluding carboxylic acids is 2. The molecule has 26 heteroatoms. The van der Waals surface area contributed by atoms with Gasteiger partial charge in [-0.1, -0.05) is 232 Å². The molecule has 0 bridgehead atoms.